The molecule has 1 N–H and O–H groups in total. The summed E-state index contributed by atoms with van der Waals surface area (Å²) in [5.74, 6) is 0.870. The summed E-state index contributed by atoms with van der Waals surface area (Å²) in [5, 5.41) is 9.30. The summed E-state index contributed by atoms with van der Waals surface area (Å²) in [5.41, 5.74) is 0. The first-order chi connectivity index (χ1) is 4.61. The minimum atomic E-state index is -0.543. The van der Waals surface area contributed by atoms with Gasteiger partial charge in [-0.3, -0.25) is 0 Å². The quantitative estimate of drug-likeness (QED) is 0.556. The van der Waals surface area contributed by atoms with E-state index >= 15 is 0 Å². The second kappa shape index (κ2) is 2.89. The smallest absolute Gasteiger partial charge is 0.157 e. The standard InChI is InChI=1S/C8H16O2/c1-5-4-6(2)10-8(9)7(5)3/h5-9H,4H2,1-3H3/t5-,6+,7+,8+/m0/s1. The van der Waals surface area contributed by atoms with Crippen LogP contribution in [0.2, 0.25) is 0 Å². The maximum atomic E-state index is 9.30. The van der Waals surface area contributed by atoms with Gasteiger partial charge in [0.05, 0.1) is 6.10 Å². The van der Waals surface area contributed by atoms with Crippen LogP contribution in [0, 0.1) is 11.8 Å². The molecule has 1 saturated heterocycles. The molecule has 0 amide bonds. The molecular weight excluding hydrogens is 128 g/mol. The number of aliphatic hydroxyl groups excluding tert-OH is 1. The second-order valence-corrected chi connectivity index (χ2v) is 3.41. The van der Waals surface area contributed by atoms with Crippen molar-refractivity contribution in [2.45, 2.75) is 39.6 Å². The molecule has 1 aliphatic rings. The number of aliphatic hydroxyl groups is 1. The van der Waals surface area contributed by atoms with E-state index in [-0.39, 0.29) is 12.0 Å². The van der Waals surface area contributed by atoms with Crippen LogP contribution in [0.4, 0.5) is 0 Å². The Morgan fingerprint density at radius 3 is 2.40 bits per heavy atom. The van der Waals surface area contributed by atoms with E-state index in [0.717, 1.165) is 6.42 Å². The summed E-state index contributed by atoms with van der Waals surface area (Å²) in [6.07, 6.45) is 0.748. The lowest BCUT2D eigenvalue weighted by Crippen LogP contribution is -2.37. The van der Waals surface area contributed by atoms with Gasteiger partial charge in [0.2, 0.25) is 0 Å². The molecule has 0 aliphatic carbocycles. The third-order valence-corrected chi connectivity index (χ3v) is 2.42. The molecule has 1 heterocycles. The van der Waals surface area contributed by atoms with Gasteiger partial charge < -0.3 is 9.84 Å². The van der Waals surface area contributed by atoms with E-state index in [1.54, 1.807) is 0 Å². The third-order valence-electron chi connectivity index (χ3n) is 2.42. The lowest BCUT2D eigenvalue weighted by atomic mass is 9.88. The van der Waals surface area contributed by atoms with Gasteiger partial charge >= 0.3 is 0 Å². The Balaban J connectivity index is 2.49. The Morgan fingerprint density at radius 2 is 1.90 bits per heavy atom. The molecule has 1 aliphatic heterocycles. The van der Waals surface area contributed by atoms with Crippen LogP contribution in [0.25, 0.3) is 0 Å². The Bertz CT molecular complexity index is 102. The van der Waals surface area contributed by atoms with Crippen LogP contribution in [0.1, 0.15) is 27.2 Å². The highest BCUT2D eigenvalue weighted by Gasteiger charge is 2.29. The number of hydrogen-bond acceptors (Lipinski definition) is 2. The lowest BCUT2D eigenvalue weighted by molar-refractivity contribution is -0.199. The Morgan fingerprint density at radius 1 is 1.30 bits per heavy atom. The maximum Gasteiger partial charge on any atom is 0.157 e. The fourth-order valence-electron chi connectivity index (χ4n) is 1.44. The highest BCUT2D eigenvalue weighted by Crippen LogP contribution is 2.28. The van der Waals surface area contributed by atoms with Crippen LogP contribution in [0.5, 0.6) is 0 Å². The first kappa shape index (κ1) is 8.02. The summed E-state index contributed by atoms with van der Waals surface area (Å²) in [6.45, 7) is 6.19. The number of ether oxygens (including phenoxy) is 1. The molecule has 2 heteroatoms. The average Bonchev–Trinajstić information content (AvgIpc) is 1.82. The average molecular weight is 144 g/mol. The van der Waals surface area contributed by atoms with Gasteiger partial charge in [0.15, 0.2) is 6.29 Å². The summed E-state index contributed by atoms with van der Waals surface area (Å²) < 4.78 is 5.22. The molecule has 0 radical (unpaired) electrons. The SMILES string of the molecule is C[C@H]1[C@H](O)O[C@H](C)C[C@@H]1C. The van der Waals surface area contributed by atoms with Crippen LogP contribution in [0.3, 0.4) is 0 Å². The molecule has 0 saturated carbocycles. The molecule has 2 nitrogen and oxygen atoms in total. The molecule has 1 fully saturated rings. The van der Waals surface area contributed by atoms with Gasteiger partial charge in [-0.2, -0.15) is 0 Å². The monoisotopic (exact) mass is 144 g/mol. The Labute approximate surface area is 62.2 Å². The van der Waals surface area contributed by atoms with E-state index in [2.05, 4.69) is 6.92 Å². The van der Waals surface area contributed by atoms with Crippen LogP contribution in [-0.2, 0) is 4.74 Å². The lowest BCUT2D eigenvalue weighted by Gasteiger charge is -2.34. The molecule has 0 aromatic carbocycles. The van der Waals surface area contributed by atoms with Crippen molar-refractivity contribution >= 4 is 0 Å². The van der Waals surface area contributed by atoms with Crippen LogP contribution in [0.15, 0.2) is 0 Å². The molecular formula is C8H16O2. The molecule has 1 rings (SSSR count). The van der Waals surface area contributed by atoms with E-state index < -0.39 is 6.29 Å². The second-order valence-electron chi connectivity index (χ2n) is 3.41. The van der Waals surface area contributed by atoms with Crippen LogP contribution < -0.4 is 0 Å². The highest BCUT2D eigenvalue weighted by molar-refractivity contribution is 4.73. The highest BCUT2D eigenvalue weighted by atomic mass is 16.6. The van der Waals surface area contributed by atoms with Gasteiger partial charge in [0.25, 0.3) is 0 Å². The molecule has 0 aromatic heterocycles. The topological polar surface area (TPSA) is 29.5 Å². The minimum Gasteiger partial charge on any atom is -0.368 e. The van der Waals surface area contributed by atoms with Gasteiger partial charge in [-0.15, -0.1) is 0 Å². The van der Waals surface area contributed by atoms with Crippen molar-refractivity contribution in [2.75, 3.05) is 0 Å². The normalized spacial score (nSPS) is 49.2. The zero-order valence-corrected chi connectivity index (χ0v) is 6.87. The van der Waals surface area contributed by atoms with E-state index in [0.29, 0.717) is 5.92 Å². The zero-order valence-electron chi connectivity index (χ0n) is 6.87. The predicted octanol–water partition coefficient (Wildman–Crippen LogP) is 1.39. The van der Waals surface area contributed by atoms with Crippen molar-refractivity contribution in [3.63, 3.8) is 0 Å². The summed E-state index contributed by atoms with van der Waals surface area (Å²) in [6, 6.07) is 0. The van der Waals surface area contributed by atoms with Gasteiger partial charge in [-0.1, -0.05) is 13.8 Å². The minimum absolute atomic E-state index is 0.223. The van der Waals surface area contributed by atoms with Gasteiger partial charge in [0.1, 0.15) is 0 Å². The molecule has 10 heavy (non-hydrogen) atoms. The molecule has 4 atom stereocenters. The van der Waals surface area contributed by atoms with Crippen molar-refractivity contribution in [1.82, 2.24) is 0 Å². The van der Waals surface area contributed by atoms with Crippen molar-refractivity contribution < 1.29 is 9.84 Å². The van der Waals surface area contributed by atoms with E-state index in [9.17, 15) is 5.11 Å². The molecule has 0 unspecified atom stereocenters. The first-order valence-electron chi connectivity index (χ1n) is 3.94. The van der Waals surface area contributed by atoms with E-state index in [4.69, 9.17) is 4.74 Å². The fourth-order valence-corrected chi connectivity index (χ4v) is 1.44. The molecule has 0 bridgehead atoms. The summed E-state index contributed by atoms with van der Waals surface area (Å²) in [7, 11) is 0. The van der Waals surface area contributed by atoms with Crippen molar-refractivity contribution in [3.05, 3.63) is 0 Å². The first-order valence-corrected chi connectivity index (χ1v) is 3.94. The molecule has 0 aromatic rings. The third kappa shape index (κ3) is 1.50. The number of hydrogen-bond donors (Lipinski definition) is 1. The molecule has 60 valence electrons. The van der Waals surface area contributed by atoms with Crippen LogP contribution >= 0.6 is 0 Å². The largest absolute Gasteiger partial charge is 0.368 e. The number of rotatable bonds is 0. The van der Waals surface area contributed by atoms with Gasteiger partial charge in [0, 0.05) is 5.92 Å². The van der Waals surface area contributed by atoms with Gasteiger partial charge in [-0.05, 0) is 19.3 Å². The Hall–Kier alpha value is -0.0800. The van der Waals surface area contributed by atoms with Crippen LogP contribution in [-0.4, -0.2) is 17.5 Å². The maximum absolute atomic E-state index is 9.30. The van der Waals surface area contributed by atoms with E-state index in [1.165, 1.54) is 0 Å². The van der Waals surface area contributed by atoms with Crippen molar-refractivity contribution in [2.24, 2.45) is 11.8 Å². The van der Waals surface area contributed by atoms with Gasteiger partial charge in [-0.25, -0.2) is 0 Å². The molecule has 0 spiro atoms. The summed E-state index contributed by atoms with van der Waals surface area (Å²) >= 11 is 0. The Kier molecular flexibility index (Phi) is 2.32. The zero-order chi connectivity index (χ0) is 7.72. The predicted molar refractivity (Wildman–Crippen MR) is 39.5 cm³/mol. The fraction of sp³-hybridized carbons (Fsp3) is 1.00. The van der Waals surface area contributed by atoms with Crippen molar-refractivity contribution in [3.8, 4) is 0 Å². The summed E-state index contributed by atoms with van der Waals surface area (Å²) in [4.78, 5) is 0. The van der Waals surface area contributed by atoms with E-state index in [1.807, 2.05) is 13.8 Å². The van der Waals surface area contributed by atoms with Crippen molar-refractivity contribution in [1.29, 1.82) is 0 Å².